The summed E-state index contributed by atoms with van der Waals surface area (Å²) >= 11 is 0. The molecule has 2 heteroatoms. The minimum atomic E-state index is 0.508. The second-order valence-electron chi connectivity index (χ2n) is 4.03. The van der Waals surface area contributed by atoms with Gasteiger partial charge in [0.05, 0.1) is 6.61 Å². The summed E-state index contributed by atoms with van der Waals surface area (Å²) < 4.78 is 5.54. The molecule has 0 saturated carbocycles. The van der Waals surface area contributed by atoms with Gasteiger partial charge in [0, 0.05) is 6.04 Å². The molecule has 0 spiro atoms. The van der Waals surface area contributed by atoms with Crippen LogP contribution in [0.25, 0.3) is 0 Å². The number of rotatable bonds is 3. The van der Waals surface area contributed by atoms with E-state index in [1.807, 2.05) is 14.0 Å². The third-order valence-electron chi connectivity index (χ3n) is 3.09. The molecular formula is C13H19NO. The van der Waals surface area contributed by atoms with Crippen molar-refractivity contribution in [2.75, 3.05) is 13.7 Å². The molecule has 0 amide bonds. The van der Waals surface area contributed by atoms with Crippen molar-refractivity contribution in [2.45, 2.75) is 32.2 Å². The SMILES string of the molecule is CCOc1ccc2c(c1)C(NC)CCC2. The molecule has 0 radical (unpaired) electrons. The lowest BCUT2D eigenvalue weighted by molar-refractivity contribution is 0.338. The van der Waals surface area contributed by atoms with Crippen molar-refractivity contribution in [3.8, 4) is 5.75 Å². The number of ether oxygens (including phenoxy) is 1. The molecule has 1 aromatic rings. The highest BCUT2D eigenvalue weighted by atomic mass is 16.5. The lowest BCUT2D eigenvalue weighted by Crippen LogP contribution is -2.21. The fourth-order valence-corrected chi connectivity index (χ4v) is 2.33. The van der Waals surface area contributed by atoms with Crippen LogP contribution >= 0.6 is 0 Å². The molecule has 0 aromatic heterocycles. The van der Waals surface area contributed by atoms with E-state index >= 15 is 0 Å². The van der Waals surface area contributed by atoms with Gasteiger partial charge in [-0.25, -0.2) is 0 Å². The van der Waals surface area contributed by atoms with E-state index in [4.69, 9.17) is 4.74 Å². The third-order valence-corrected chi connectivity index (χ3v) is 3.09. The summed E-state index contributed by atoms with van der Waals surface area (Å²) in [5.74, 6) is 0.999. The molecule has 1 unspecified atom stereocenters. The molecule has 0 fully saturated rings. The van der Waals surface area contributed by atoms with Crippen LogP contribution in [0.2, 0.25) is 0 Å². The zero-order valence-electron chi connectivity index (χ0n) is 9.55. The summed E-state index contributed by atoms with van der Waals surface area (Å²) in [4.78, 5) is 0. The van der Waals surface area contributed by atoms with Gasteiger partial charge in [0.25, 0.3) is 0 Å². The highest BCUT2D eigenvalue weighted by molar-refractivity contribution is 5.39. The Kier molecular flexibility index (Phi) is 3.27. The Bertz CT molecular complexity index is 335. The Morgan fingerprint density at radius 1 is 1.47 bits per heavy atom. The van der Waals surface area contributed by atoms with Crippen molar-refractivity contribution in [3.05, 3.63) is 29.3 Å². The summed E-state index contributed by atoms with van der Waals surface area (Å²) in [6.07, 6.45) is 3.73. The Morgan fingerprint density at radius 3 is 3.07 bits per heavy atom. The first-order valence-corrected chi connectivity index (χ1v) is 5.78. The van der Waals surface area contributed by atoms with Crippen LogP contribution in [-0.4, -0.2) is 13.7 Å². The van der Waals surface area contributed by atoms with Gasteiger partial charge in [-0.05, 0) is 56.5 Å². The van der Waals surface area contributed by atoms with Crippen LogP contribution in [0.15, 0.2) is 18.2 Å². The van der Waals surface area contributed by atoms with E-state index in [-0.39, 0.29) is 0 Å². The molecule has 82 valence electrons. The van der Waals surface area contributed by atoms with Crippen molar-refractivity contribution in [2.24, 2.45) is 0 Å². The van der Waals surface area contributed by atoms with Crippen LogP contribution in [0.1, 0.15) is 36.9 Å². The molecule has 2 nitrogen and oxygen atoms in total. The average molecular weight is 205 g/mol. The van der Waals surface area contributed by atoms with E-state index in [9.17, 15) is 0 Å². The second kappa shape index (κ2) is 4.67. The van der Waals surface area contributed by atoms with E-state index in [1.54, 1.807) is 0 Å². The van der Waals surface area contributed by atoms with E-state index in [0.717, 1.165) is 12.4 Å². The van der Waals surface area contributed by atoms with Gasteiger partial charge in [-0.3, -0.25) is 0 Å². The lowest BCUT2D eigenvalue weighted by atomic mass is 9.87. The first-order chi connectivity index (χ1) is 7.35. The van der Waals surface area contributed by atoms with Crippen molar-refractivity contribution >= 4 is 0 Å². The number of aryl methyl sites for hydroxylation is 1. The Balaban J connectivity index is 2.30. The Hall–Kier alpha value is -1.02. The summed E-state index contributed by atoms with van der Waals surface area (Å²) in [6.45, 7) is 2.76. The van der Waals surface area contributed by atoms with Gasteiger partial charge in [-0.1, -0.05) is 6.07 Å². The van der Waals surface area contributed by atoms with Gasteiger partial charge in [0.1, 0.15) is 5.75 Å². The monoisotopic (exact) mass is 205 g/mol. The Labute approximate surface area is 91.6 Å². The van der Waals surface area contributed by atoms with E-state index in [2.05, 4.69) is 23.5 Å². The quantitative estimate of drug-likeness (QED) is 0.819. The number of benzene rings is 1. The standard InChI is InChI=1S/C13H19NO/c1-3-15-11-8-7-10-5-4-6-13(14-2)12(10)9-11/h7-9,13-14H,3-6H2,1-2H3. The maximum absolute atomic E-state index is 5.54. The molecule has 0 heterocycles. The maximum atomic E-state index is 5.54. The first kappa shape index (κ1) is 10.5. The van der Waals surface area contributed by atoms with Gasteiger partial charge in [-0.15, -0.1) is 0 Å². The molecule has 1 aromatic carbocycles. The highest BCUT2D eigenvalue weighted by Crippen LogP contribution is 2.32. The van der Waals surface area contributed by atoms with Crippen molar-refractivity contribution in [3.63, 3.8) is 0 Å². The van der Waals surface area contributed by atoms with Crippen LogP contribution in [0.4, 0.5) is 0 Å². The molecule has 0 aliphatic heterocycles. The summed E-state index contributed by atoms with van der Waals surface area (Å²) in [6, 6.07) is 7.00. The van der Waals surface area contributed by atoms with Crippen LogP contribution < -0.4 is 10.1 Å². The smallest absolute Gasteiger partial charge is 0.119 e. The fourth-order valence-electron chi connectivity index (χ4n) is 2.33. The number of fused-ring (bicyclic) bond motifs is 1. The van der Waals surface area contributed by atoms with Crippen LogP contribution in [-0.2, 0) is 6.42 Å². The van der Waals surface area contributed by atoms with E-state index < -0.39 is 0 Å². The van der Waals surface area contributed by atoms with Gasteiger partial charge >= 0.3 is 0 Å². The van der Waals surface area contributed by atoms with Gasteiger partial charge in [-0.2, -0.15) is 0 Å². The second-order valence-corrected chi connectivity index (χ2v) is 4.03. The topological polar surface area (TPSA) is 21.3 Å². The summed E-state index contributed by atoms with van der Waals surface area (Å²) in [5, 5.41) is 3.37. The lowest BCUT2D eigenvalue weighted by Gasteiger charge is -2.25. The molecular weight excluding hydrogens is 186 g/mol. The number of nitrogens with one attached hydrogen (secondary N) is 1. The van der Waals surface area contributed by atoms with Gasteiger partial charge < -0.3 is 10.1 Å². The molecule has 1 N–H and O–H groups in total. The normalized spacial score (nSPS) is 19.7. The molecule has 1 aliphatic rings. The van der Waals surface area contributed by atoms with E-state index in [0.29, 0.717) is 6.04 Å². The molecule has 0 saturated heterocycles. The fraction of sp³-hybridized carbons (Fsp3) is 0.538. The van der Waals surface area contributed by atoms with Crippen LogP contribution in [0.5, 0.6) is 5.75 Å². The first-order valence-electron chi connectivity index (χ1n) is 5.78. The molecule has 1 aliphatic carbocycles. The van der Waals surface area contributed by atoms with Gasteiger partial charge in [0.15, 0.2) is 0 Å². The van der Waals surface area contributed by atoms with Crippen molar-refractivity contribution < 1.29 is 4.74 Å². The predicted molar refractivity (Wildman–Crippen MR) is 62.3 cm³/mol. The minimum Gasteiger partial charge on any atom is -0.494 e. The zero-order valence-corrected chi connectivity index (χ0v) is 9.55. The third kappa shape index (κ3) is 2.15. The Morgan fingerprint density at radius 2 is 2.33 bits per heavy atom. The van der Waals surface area contributed by atoms with Gasteiger partial charge in [0.2, 0.25) is 0 Å². The van der Waals surface area contributed by atoms with Crippen molar-refractivity contribution in [1.82, 2.24) is 5.32 Å². The average Bonchev–Trinajstić information content (AvgIpc) is 2.28. The van der Waals surface area contributed by atoms with E-state index in [1.165, 1.54) is 30.4 Å². The summed E-state index contributed by atoms with van der Waals surface area (Å²) in [5.41, 5.74) is 2.90. The molecule has 2 rings (SSSR count). The zero-order chi connectivity index (χ0) is 10.7. The van der Waals surface area contributed by atoms with Crippen molar-refractivity contribution in [1.29, 1.82) is 0 Å². The van der Waals surface area contributed by atoms with Crippen LogP contribution in [0, 0.1) is 0 Å². The summed E-state index contributed by atoms with van der Waals surface area (Å²) in [7, 11) is 2.03. The minimum absolute atomic E-state index is 0.508. The largest absolute Gasteiger partial charge is 0.494 e. The highest BCUT2D eigenvalue weighted by Gasteiger charge is 2.18. The predicted octanol–water partition coefficient (Wildman–Crippen LogP) is 2.68. The number of hydrogen-bond donors (Lipinski definition) is 1. The molecule has 15 heavy (non-hydrogen) atoms. The number of hydrogen-bond acceptors (Lipinski definition) is 2. The molecule has 1 atom stereocenters. The molecule has 0 bridgehead atoms. The van der Waals surface area contributed by atoms with Crippen LogP contribution in [0.3, 0.4) is 0 Å². The maximum Gasteiger partial charge on any atom is 0.119 e.